The van der Waals surface area contributed by atoms with Crippen LogP contribution in [0.1, 0.15) is 23.1 Å². The van der Waals surface area contributed by atoms with E-state index in [1.807, 2.05) is 0 Å². The van der Waals surface area contributed by atoms with Crippen molar-refractivity contribution in [3.63, 3.8) is 0 Å². The van der Waals surface area contributed by atoms with E-state index < -0.39 is 0 Å². The second kappa shape index (κ2) is 7.04. The summed E-state index contributed by atoms with van der Waals surface area (Å²) in [4.78, 5) is 2.40. The first-order chi connectivity index (χ1) is 9.15. The maximum atomic E-state index is 5.49. The van der Waals surface area contributed by atoms with Crippen molar-refractivity contribution in [3.05, 3.63) is 34.9 Å². The predicted octanol–water partition coefficient (Wildman–Crippen LogP) is 2.11. The molecule has 0 bridgehead atoms. The van der Waals surface area contributed by atoms with E-state index >= 15 is 0 Å². The van der Waals surface area contributed by atoms with Gasteiger partial charge >= 0.3 is 0 Å². The van der Waals surface area contributed by atoms with Crippen LogP contribution >= 0.6 is 0 Å². The van der Waals surface area contributed by atoms with Crippen molar-refractivity contribution in [3.8, 4) is 0 Å². The molecule has 1 saturated heterocycles. The van der Waals surface area contributed by atoms with Gasteiger partial charge in [0, 0.05) is 19.1 Å². The van der Waals surface area contributed by atoms with Gasteiger partial charge in [-0.05, 0) is 45.0 Å². The summed E-state index contributed by atoms with van der Waals surface area (Å²) in [6.07, 6.45) is 1.15. The number of hydrogen-bond donors (Lipinski definition) is 1. The number of hydrogen-bond acceptors (Lipinski definition) is 3. The molecule has 0 aromatic heterocycles. The van der Waals surface area contributed by atoms with Crippen LogP contribution in [0.3, 0.4) is 0 Å². The smallest absolute Gasteiger partial charge is 0.0620 e. The average Bonchev–Trinajstić information content (AvgIpc) is 2.42. The summed E-state index contributed by atoms with van der Waals surface area (Å²) in [5.41, 5.74) is 4.17. The Labute approximate surface area is 116 Å². The minimum Gasteiger partial charge on any atom is -0.379 e. The van der Waals surface area contributed by atoms with Gasteiger partial charge in [-0.25, -0.2) is 0 Å². The highest BCUT2D eigenvalue weighted by Gasteiger charge is 2.13. The van der Waals surface area contributed by atoms with Crippen molar-refractivity contribution in [2.24, 2.45) is 0 Å². The molecule has 2 rings (SSSR count). The van der Waals surface area contributed by atoms with Crippen molar-refractivity contribution in [1.82, 2.24) is 10.2 Å². The number of nitrogens with zero attached hydrogens (tertiary/aromatic N) is 1. The molecule has 3 heteroatoms. The highest BCUT2D eigenvalue weighted by atomic mass is 16.5. The summed E-state index contributed by atoms with van der Waals surface area (Å²) < 4.78 is 5.49. The zero-order valence-electron chi connectivity index (χ0n) is 12.4. The van der Waals surface area contributed by atoms with E-state index in [0.717, 1.165) is 39.3 Å². The van der Waals surface area contributed by atoms with Gasteiger partial charge in [0.2, 0.25) is 0 Å². The third kappa shape index (κ3) is 4.60. The van der Waals surface area contributed by atoms with Gasteiger partial charge in [-0.3, -0.25) is 0 Å². The second-order valence-corrected chi connectivity index (χ2v) is 5.68. The van der Waals surface area contributed by atoms with Crippen LogP contribution < -0.4 is 5.32 Å². The Morgan fingerprint density at radius 1 is 1.37 bits per heavy atom. The van der Waals surface area contributed by atoms with Gasteiger partial charge in [-0.15, -0.1) is 0 Å². The molecule has 1 unspecified atom stereocenters. The van der Waals surface area contributed by atoms with E-state index in [-0.39, 0.29) is 0 Å². The van der Waals surface area contributed by atoms with E-state index in [1.54, 1.807) is 0 Å². The number of nitrogens with one attached hydrogen (secondary N) is 1. The monoisotopic (exact) mass is 262 g/mol. The van der Waals surface area contributed by atoms with Gasteiger partial charge in [-0.2, -0.15) is 0 Å². The second-order valence-electron chi connectivity index (χ2n) is 5.68. The van der Waals surface area contributed by atoms with Crippen LogP contribution in [0.2, 0.25) is 0 Å². The molecule has 1 aliphatic rings. The summed E-state index contributed by atoms with van der Waals surface area (Å²) in [5.74, 6) is 0. The lowest BCUT2D eigenvalue weighted by Gasteiger charge is -2.26. The lowest BCUT2D eigenvalue weighted by atomic mass is 10.1. The maximum Gasteiger partial charge on any atom is 0.0620 e. The molecule has 1 fully saturated rings. The molecule has 0 saturated carbocycles. The maximum absolute atomic E-state index is 5.49. The van der Waals surface area contributed by atoms with Crippen molar-refractivity contribution >= 4 is 0 Å². The van der Waals surface area contributed by atoms with Crippen LogP contribution in [-0.4, -0.2) is 44.3 Å². The number of benzene rings is 1. The molecule has 3 nitrogen and oxygen atoms in total. The van der Waals surface area contributed by atoms with Gasteiger partial charge in [0.1, 0.15) is 0 Å². The summed E-state index contributed by atoms with van der Waals surface area (Å²) >= 11 is 0. The Kier molecular flexibility index (Phi) is 5.37. The topological polar surface area (TPSA) is 24.5 Å². The molecule has 1 heterocycles. The fourth-order valence-corrected chi connectivity index (χ4v) is 2.52. The highest BCUT2D eigenvalue weighted by molar-refractivity contribution is 5.30. The average molecular weight is 262 g/mol. The fraction of sp³-hybridized carbons (Fsp3) is 0.625. The first-order valence-electron chi connectivity index (χ1n) is 7.21. The molecule has 0 amide bonds. The molecule has 1 aliphatic heterocycles. The number of aryl methyl sites for hydroxylation is 2. The van der Waals surface area contributed by atoms with E-state index in [4.69, 9.17) is 4.74 Å². The first kappa shape index (κ1) is 14.5. The van der Waals surface area contributed by atoms with E-state index in [0.29, 0.717) is 6.04 Å². The van der Waals surface area contributed by atoms with Crippen LogP contribution in [-0.2, 0) is 11.3 Å². The Balaban J connectivity index is 1.80. The van der Waals surface area contributed by atoms with Gasteiger partial charge in [0.05, 0.1) is 13.2 Å². The molecular weight excluding hydrogens is 236 g/mol. The molecule has 0 radical (unpaired) electrons. The molecule has 1 atom stereocenters. The number of morpholine rings is 1. The lowest BCUT2D eigenvalue weighted by Crippen LogP contribution is -2.42. The van der Waals surface area contributed by atoms with Crippen LogP contribution in [0.4, 0.5) is 0 Å². The molecule has 0 spiro atoms. The SMILES string of the molecule is Cc1ccc(C)c(CN(C)CCC2COCCN2)c1. The molecule has 1 aromatic rings. The molecular formula is C16H26N2O. The Morgan fingerprint density at radius 2 is 2.21 bits per heavy atom. The van der Waals surface area contributed by atoms with Gasteiger partial charge in [-0.1, -0.05) is 23.8 Å². The summed E-state index contributed by atoms with van der Waals surface area (Å²) in [6.45, 7) is 9.19. The standard InChI is InChI=1S/C16H26N2O/c1-13-4-5-14(2)15(10-13)11-18(3)8-6-16-12-19-9-7-17-16/h4-5,10,16-17H,6-9,11-12H2,1-3H3. The molecule has 0 aliphatic carbocycles. The third-order valence-corrected chi connectivity index (χ3v) is 3.80. The first-order valence-corrected chi connectivity index (χ1v) is 7.21. The van der Waals surface area contributed by atoms with Crippen LogP contribution in [0.15, 0.2) is 18.2 Å². The highest BCUT2D eigenvalue weighted by Crippen LogP contribution is 2.13. The Morgan fingerprint density at radius 3 is 2.95 bits per heavy atom. The molecule has 19 heavy (non-hydrogen) atoms. The number of rotatable bonds is 5. The third-order valence-electron chi connectivity index (χ3n) is 3.80. The zero-order chi connectivity index (χ0) is 13.7. The minimum absolute atomic E-state index is 0.523. The Bertz CT molecular complexity index is 400. The Hall–Kier alpha value is -0.900. The number of ether oxygens (including phenoxy) is 1. The van der Waals surface area contributed by atoms with Crippen LogP contribution in [0.25, 0.3) is 0 Å². The quantitative estimate of drug-likeness (QED) is 0.879. The summed E-state index contributed by atoms with van der Waals surface area (Å²) in [7, 11) is 2.20. The van der Waals surface area contributed by atoms with Crippen molar-refractivity contribution in [1.29, 1.82) is 0 Å². The largest absolute Gasteiger partial charge is 0.379 e. The molecule has 1 N–H and O–H groups in total. The fourth-order valence-electron chi connectivity index (χ4n) is 2.52. The van der Waals surface area contributed by atoms with Crippen LogP contribution in [0.5, 0.6) is 0 Å². The predicted molar refractivity (Wildman–Crippen MR) is 79.5 cm³/mol. The van der Waals surface area contributed by atoms with Crippen molar-refractivity contribution < 1.29 is 4.74 Å². The zero-order valence-corrected chi connectivity index (χ0v) is 12.4. The van der Waals surface area contributed by atoms with Gasteiger partial charge in [0.25, 0.3) is 0 Å². The normalized spacial score (nSPS) is 19.9. The van der Waals surface area contributed by atoms with E-state index in [9.17, 15) is 0 Å². The summed E-state index contributed by atoms with van der Waals surface area (Å²) in [5, 5.41) is 3.51. The minimum atomic E-state index is 0.523. The van der Waals surface area contributed by atoms with Crippen molar-refractivity contribution in [2.45, 2.75) is 32.9 Å². The lowest BCUT2D eigenvalue weighted by molar-refractivity contribution is 0.0708. The molecule has 1 aromatic carbocycles. The van der Waals surface area contributed by atoms with E-state index in [1.165, 1.54) is 16.7 Å². The van der Waals surface area contributed by atoms with E-state index in [2.05, 4.69) is 49.3 Å². The van der Waals surface area contributed by atoms with Gasteiger partial charge in [0.15, 0.2) is 0 Å². The van der Waals surface area contributed by atoms with Crippen LogP contribution in [0, 0.1) is 13.8 Å². The van der Waals surface area contributed by atoms with Gasteiger partial charge < -0.3 is 15.0 Å². The molecule has 106 valence electrons. The van der Waals surface area contributed by atoms with Crippen molar-refractivity contribution in [2.75, 3.05) is 33.4 Å². The summed E-state index contributed by atoms with van der Waals surface area (Å²) in [6, 6.07) is 7.22.